The van der Waals surface area contributed by atoms with Crippen molar-refractivity contribution in [1.29, 1.82) is 0 Å². The molecular weight excluding hydrogens is 470 g/mol. The molecule has 8 heteroatoms. The quantitative estimate of drug-likeness (QED) is 0.345. The van der Waals surface area contributed by atoms with Gasteiger partial charge in [-0.05, 0) is 60.2 Å². The van der Waals surface area contributed by atoms with Crippen LogP contribution < -0.4 is 10.6 Å². The van der Waals surface area contributed by atoms with Gasteiger partial charge in [-0.3, -0.25) is 4.79 Å². The monoisotopic (exact) mass is 505 g/mol. The molecule has 0 aromatic heterocycles. The van der Waals surface area contributed by atoms with E-state index >= 15 is 0 Å². The van der Waals surface area contributed by atoms with E-state index in [0.29, 0.717) is 5.69 Å². The molecule has 37 heavy (non-hydrogen) atoms. The number of fused-ring (bicyclic) bond motifs is 1. The van der Waals surface area contributed by atoms with Crippen molar-refractivity contribution in [2.24, 2.45) is 5.41 Å². The summed E-state index contributed by atoms with van der Waals surface area (Å²) in [5.74, 6) is -1.90. The largest absolute Gasteiger partial charge is 0.480 e. The molecule has 0 aliphatic rings. The molecule has 0 spiro atoms. The van der Waals surface area contributed by atoms with Gasteiger partial charge in [-0.15, -0.1) is 0 Å². The number of anilines is 2. The molecule has 3 aromatic rings. The van der Waals surface area contributed by atoms with Crippen molar-refractivity contribution >= 4 is 40.1 Å². The van der Waals surface area contributed by atoms with E-state index in [1.165, 1.54) is 0 Å². The molecule has 0 heterocycles. The minimum Gasteiger partial charge on any atom is -0.480 e. The Morgan fingerprint density at radius 1 is 0.919 bits per heavy atom. The van der Waals surface area contributed by atoms with Crippen LogP contribution in [0.1, 0.15) is 47.8 Å². The number of aliphatic hydroxyl groups is 1. The summed E-state index contributed by atoms with van der Waals surface area (Å²) in [5, 5.41) is 26.8. The highest BCUT2D eigenvalue weighted by Crippen LogP contribution is 2.29. The van der Waals surface area contributed by atoms with Crippen LogP contribution in [0.3, 0.4) is 0 Å². The number of aliphatic hydroxyl groups excluding tert-OH is 1. The maximum Gasteiger partial charge on any atom is 0.328 e. The predicted molar refractivity (Wildman–Crippen MR) is 146 cm³/mol. The Morgan fingerprint density at radius 3 is 2.00 bits per heavy atom. The zero-order valence-corrected chi connectivity index (χ0v) is 22.2. The maximum absolute atomic E-state index is 13.9. The fourth-order valence-corrected chi connectivity index (χ4v) is 4.46. The number of amides is 3. The molecule has 0 radical (unpaired) electrons. The number of benzene rings is 3. The highest BCUT2D eigenvalue weighted by atomic mass is 16.4. The zero-order chi connectivity index (χ0) is 27.5. The number of hydrogen-bond donors (Lipinski definition) is 4. The van der Waals surface area contributed by atoms with Crippen molar-refractivity contribution in [3.63, 3.8) is 0 Å². The van der Waals surface area contributed by atoms with Gasteiger partial charge in [0.2, 0.25) is 0 Å². The lowest BCUT2D eigenvalue weighted by atomic mass is 9.94. The lowest BCUT2D eigenvalue weighted by Crippen LogP contribution is -2.50. The van der Waals surface area contributed by atoms with Crippen LogP contribution in [0.15, 0.2) is 48.5 Å². The van der Waals surface area contributed by atoms with Gasteiger partial charge in [0, 0.05) is 12.2 Å². The molecule has 3 rings (SSSR count). The summed E-state index contributed by atoms with van der Waals surface area (Å²) in [6.07, 6.45) is 0. The number of aliphatic carboxylic acids is 1. The predicted octanol–water partition coefficient (Wildman–Crippen LogP) is 5.34. The Kier molecular flexibility index (Phi) is 8.23. The molecule has 0 aliphatic carbocycles. The minimum absolute atomic E-state index is 0.0869. The lowest BCUT2D eigenvalue weighted by molar-refractivity contribution is -0.144. The number of hydrogen-bond acceptors (Lipinski definition) is 4. The van der Waals surface area contributed by atoms with E-state index in [0.717, 1.165) is 32.4 Å². The molecule has 1 unspecified atom stereocenters. The van der Waals surface area contributed by atoms with Gasteiger partial charge in [0.15, 0.2) is 6.04 Å². The van der Waals surface area contributed by atoms with Crippen LogP contribution in [-0.4, -0.2) is 52.2 Å². The second-order valence-electron chi connectivity index (χ2n) is 10.6. The first-order chi connectivity index (χ1) is 17.3. The summed E-state index contributed by atoms with van der Waals surface area (Å²) in [6.45, 7) is 10.8. The number of carbonyl (C=O) groups excluding carboxylic acids is 2. The normalized spacial score (nSPS) is 12.2. The number of carboxylic acid groups (broad SMARTS) is 1. The van der Waals surface area contributed by atoms with Crippen molar-refractivity contribution in [2.75, 3.05) is 23.8 Å². The topological polar surface area (TPSA) is 119 Å². The summed E-state index contributed by atoms with van der Waals surface area (Å²) in [5.41, 5.74) is 3.51. The summed E-state index contributed by atoms with van der Waals surface area (Å²) in [6, 6.07) is 12.7. The van der Waals surface area contributed by atoms with Gasteiger partial charge in [0.25, 0.3) is 5.91 Å². The fraction of sp³-hybridized carbons (Fsp3) is 0.345. The Hall–Kier alpha value is -3.91. The Morgan fingerprint density at radius 2 is 1.49 bits per heavy atom. The average molecular weight is 506 g/mol. The lowest BCUT2D eigenvalue weighted by Gasteiger charge is -2.34. The van der Waals surface area contributed by atoms with Gasteiger partial charge in [0.05, 0.1) is 17.9 Å². The highest BCUT2D eigenvalue weighted by Gasteiger charge is 2.34. The number of aryl methyl sites for hydroxylation is 3. The Bertz CT molecular complexity index is 1320. The standard InChI is InChI=1S/C29H35N3O5/c1-17-11-18(2)25(19(3)12-17)31-28(37)30-23-14-21-10-8-7-9-20(21)13-22(23)26(34)32(16-29(4,5)6)24(15-33)27(35)36/h7-14,24,33H,15-16H2,1-6H3,(H,35,36)(H2,30,31,37). The molecule has 8 nitrogen and oxygen atoms in total. The van der Waals surface area contributed by atoms with E-state index in [2.05, 4.69) is 10.6 Å². The number of carboxylic acids is 1. The van der Waals surface area contributed by atoms with Gasteiger partial charge in [-0.25, -0.2) is 9.59 Å². The molecule has 1 atom stereocenters. The molecule has 0 bridgehead atoms. The third-order valence-electron chi connectivity index (χ3n) is 6.02. The van der Waals surface area contributed by atoms with Gasteiger partial charge in [0.1, 0.15) is 0 Å². The fourth-order valence-electron chi connectivity index (χ4n) is 4.46. The van der Waals surface area contributed by atoms with Gasteiger partial charge < -0.3 is 25.7 Å². The van der Waals surface area contributed by atoms with Crippen LogP contribution >= 0.6 is 0 Å². The Labute approximate surface area is 217 Å². The molecular formula is C29H35N3O5. The van der Waals surface area contributed by atoms with Crippen LogP contribution in [0.4, 0.5) is 16.2 Å². The highest BCUT2D eigenvalue weighted by molar-refractivity contribution is 6.10. The molecule has 3 amide bonds. The van der Waals surface area contributed by atoms with Crippen molar-refractivity contribution < 1.29 is 24.6 Å². The first kappa shape index (κ1) is 27.7. The summed E-state index contributed by atoms with van der Waals surface area (Å²) in [4.78, 5) is 40.0. The number of rotatable bonds is 7. The first-order valence-corrected chi connectivity index (χ1v) is 12.1. The molecule has 0 saturated carbocycles. The van der Waals surface area contributed by atoms with Crippen molar-refractivity contribution in [1.82, 2.24) is 4.90 Å². The van der Waals surface area contributed by atoms with Crippen LogP contribution in [0.2, 0.25) is 0 Å². The van der Waals surface area contributed by atoms with Gasteiger partial charge in [-0.1, -0.05) is 62.7 Å². The first-order valence-electron chi connectivity index (χ1n) is 12.1. The number of urea groups is 1. The molecule has 4 N–H and O–H groups in total. The van der Waals surface area contributed by atoms with E-state index < -0.39 is 36.0 Å². The third-order valence-corrected chi connectivity index (χ3v) is 6.02. The van der Waals surface area contributed by atoms with E-state index in [1.807, 2.05) is 77.9 Å². The molecule has 196 valence electrons. The SMILES string of the molecule is Cc1cc(C)c(NC(=O)Nc2cc3ccccc3cc2C(=O)N(CC(C)(C)C)C(CO)C(=O)O)c(C)c1. The van der Waals surface area contributed by atoms with Gasteiger partial charge >= 0.3 is 12.0 Å². The molecule has 3 aromatic carbocycles. The van der Waals surface area contributed by atoms with E-state index in [4.69, 9.17) is 0 Å². The van der Waals surface area contributed by atoms with Crippen LogP contribution in [0, 0.1) is 26.2 Å². The summed E-state index contributed by atoms with van der Waals surface area (Å²) >= 11 is 0. The van der Waals surface area contributed by atoms with E-state index in [-0.39, 0.29) is 17.8 Å². The van der Waals surface area contributed by atoms with Gasteiger partial charge in [-0.2, -0.15) is 0 Å². The summed E-state index contributed by atoms with van der Waals surface area (Å²) in [7, 11) is 0. The zero-order valence-electron chi connectivity index (χ0n) is 22.2. The average Bonchev–Trinajstić information content (AvgIpc) is 2.79. The Balaban J connectivity index is 2.06. The third kappa shape index (κ3) is 6.65. The van der Waals surface area contributed by atoms with Crippen molar-refractivity contribution in [3.05, 3.63) is 70.8 Å². The minimum atomic E-state index is -1.43. The van der Waals surface area contributed by atoms with Crippen LogP contribution in [-0.2, 0) is 4.79 Å². The second kappa shape index (κ2) is 11.0. The number of nitrogens with zero attached hydrogens (tertiary/aromatic N) is 1. The number of nitrogens with one attached hydrogen (secondary N) is 2. The molecule has 0 aliphatic heterocycles. The molecule has 0 fully saturated rings. The summed E-state index contributed by atoms with van der Waals surface area (Å²) < 4.78 is 0. The van der Waals surface area contributed by atoms with E-state index in [9.17, 15) is 24.6 Å². The number of carbonyl (C=O) groups is 3. The second-order valence-corrected chi connectivity index (χ2v) is 10.6. The smallest absolute Gasteiger partial charge is 0.328 e. The van der Waals surface area contributed by atoms with Crippen molar-refractivity contribution in [2.45, 2.75) is 47.6 Å². The van der Waals surface area contributed by atoms with Crippen LogP contribution in [0.5, 0.6) is 0 Å². The maximum atomic E-state index is 13.9. The van der Waals surface area contributed by atoms with Crippen LogP contribution in [0.25, 0.3) is 10.8 Å². The molecule has 0 saturated heterocycles. The van der Waals surface area contributed by atoms with Crippen molar-refractivity contribution in [3.8, 4) is 0 Å². The van der Waals surface area contributed by atoms with E-state index in [1.54, 1.807) is 12.1 Å².